The normalized spacial score (nSPS) is 34.8. The third-order valence-electron chi connectivity index (χ3n) is 11.2. The second-order valence-electron chi connectivity index (χ2n) is 16.3. The van der Waals surface area contributed by atoms with Gasteiger partial charge < -0.3 is 84.1 Å². The number of carbonyl (C=O) groups is 3. The van der Waals surface area contributed by atoms with Crippen LogP contribution in [0.2, 0.25) is 0 Å². The highest BCUT2D eigenvalue weighted by Gasteiger charge is 2.53. The summed E-state index contributed by atoms with van der Waals surface area (Å²) in [5.74, 6) is -2.97. The third kappa shape index (κ3) is 12.6. The lowest BCUT2D eigenvalue weighted by Crippen LogP contribution is -2.67. The predicted octanol–water partition coefficient (Wildman–Crippen LogP) is -0.156. The Morgan fingerprint density at radius 1 is 0.887 bits per heavy atom. The molecule has 2 aromatic carbocycles. The van der Waals surface area contributed by atoms with Crippen LogP contribution in [-0.2, 0) is 38.0 Å². The van der Waals surface area contributed by atoms with Crippen molar-refractivity contribution in [1.29, 1.82) is 0 Å². The summed E-state index contributed by atoms with van der Waals surface area (Å²) < 4.78 is 41.3. The van der Waals surface area contributed by atoms with Crippen LogP contribution in [0.15, 0.2) is 54.6 Å². The van der Waals surface area contributed by atoms with Gasteiger partial charge in [-0.25, -0.2) is 0 Å². The Morgan fingerprint density at radius 3 is 2.24 bits per heavy atom. The Balaban J connectivity index is 1.24. The van der Waals surface area contributed by atoms with E-state index in [2.05, 4.69) is 5.32 Å². The van der Waals surface area contributed by atoms with Crippen LogP contribution in [0.5, 0.6) is 11.5 Å². The molecule has 2 aromatic rings. The van der Waals surface area contributed by atoms with Crippen molar-refractivity contribution >= 4 is 17.5 Å². The van der Waals surface area contributed by atoms with Crippen molar-refractivity contribution in [3.05, 3.63) is 60.2 Å². The fraction of sp³-hybridized carbons (Fsp3) is 0.651. The molecule has 0 aromatic heterocycles. The maximum atomic E-state index is 13.2. The Bertz CT molecular complexity index is 1750. The van der Waals surface area contributed by atoms with Gasteiger partial charge in [-0.15, -0.1) is 0 Å². The largest absolute Gasteiger partial charge is 0.457 e. The number of hydrogen-bond donors (Lipinski definition) is 9. The summed E-state index contributed by atoms with van der Waals surface area (Å²) in [5, 5.41) is 90.7. The van der Waals surface area contributed by atoms with E-state index in [-0.39, 0.29) is 43.9 Å². The molecule has 5 rings (SSSR count). The molecule has 62 heavy (non-hydrogen) atoms. The molecule has 346 valence electrons. The zero-order chi connectivity index (χ0) is 45.3. The summed E-state index contributed by atoms with van der Waals surface area (Å²) >= 11 is 0. The number of aliphatic hydroxyl groups is 8. The van der Waals surface area contributed by atoms with Crippen molar-refractivity contribution < 1.29 is 88.4 Å². The van der Waals surface area contributed by atoms with E-state index < -0.39 is 117 Å². The van der Waals surface area contributed by atoms with Gasteiger partial charge in [-0.3, -0.25) is 9.59 Å². The molecule has 5 unspecified atom stereocenters. The second-order valence-corrected chi connectivity index (χ2v) is 16.3. The topological polar surface area (TPSA) is 290 Å². The number of carbonyl (C=O) groups excluding carboxylic acids is 3. The molecule has 19 nitrogen and oxygen atoms in total. The number of nitrogens with one attached hydrogen (secondary N) is 1. The second kappa shape index (κ2) is 22.4. The van der Waals surface area contributed by atoms with E-state index in [4.69, 9.17) is 33.2 Å². The van der Waals surface area contributed by atoms with Gasteiger partial charge in [-0.2, -0.15) is 0 Å². The fourth-order valence-electron chi connectivity index (χ4n) is 7.92. The molecule has 3 saturated heterocycles. The SMILES string of the molecule is CCCO[C@@H]1OC(CO)[C@@H](O[C@@H]2OC(CO[C@]3(C)C[C@@H](O)[C@@H](CC(C)=O)C([C@H](O)[C@H](O)CCC(=O)c4cccc(Oc5ccccc5)c4)O3)[C@H](O)[C@H](O)C2O)[C@H](O)C1NC(C)=O. The zero-order valence-corrected chi connectivity index (χ0v) is 35.2. The number of hydrogen-bond acceptors (Lipinski definition) is 18. The van der Waals surface area contributed by atoms with E-state index in [0.717, 1.165) is 0 Å². The molecule has 3 aliphatic rings. The molecule has 19 heteroatoms. The van der Waals surface area contributed by atoms with Crippen LogP contribution in [0.25, 0.3) is 0 Å². The third-order valence-corrected chi connectivity index (χ3v) is 11.2. The van der Waals surface area contributed by atoms with E-state index in [0.29, 0.717) is 23.5 Å². The molecule has 0 saturated carbocycles. The highest BCUT2D eigenvalue weighted by atomic mass is 16.8. The molecule has 3 heterocycles. The van der Waals surface area contributed by atoms with Gasteiger partial charge >= 0.3 is 0 Å². The number of ketones is 2. The fourth-order valence-corrected chi connectivity index (χ4v) is 7.92. The van der Waals surface area contributed by atoms with Gasteiger partial charge in [0.2, 0.25) is 5.91 Å². The minimum atomic E-state index is -1.89. The van der Waals surface area contributed by atoms with E-state index >= 15 is 0 Å². The smallest absolute Gasteiger partial charge is 0.217 e. The van der Waals surface area contributed by atoms with E-state index in [1.165, 1.54) is 20.8 Å². The number of aliphatic hydroxyl groups excluding tert-OH is 8. The average Bonchev–Trinajstić information content (AvgIpc) is 3.24. The molecule has 3 aliphatic heterocycles. The standard InChI is InChI=1S/C43H61NO18/c1-5-16-56-41-33(44-23(3)47)36(53)40(31(20-45)59-41)61-42-38(55)37(54)35(52)32(60-42)21-57-43(4)19-30(50)27(17-22(2)46)39(62-43)34(51)29(49)15-14-28(48)24-10-9-13-26(18-24)58-25-11-7-6-8-12-25/h6-13,18,27,29-42,45,49-55H,5,14-17,19-21H2,1-4H3,(H,44,47)/t27-,29-,30-,31?,32?,33?,34-,35+,36-,37+,38?,39?,40-,41-,42+,43+/m1/s1. The molecule has 0 bridgehead atoms. The Hall–Kier alpha value is -3.51. The van der Waals surface area contributed by atoms with E-state index in [1.807, 2.05) is 25.1 Å². The lowest BCUT2D eigenvalue weighted by atomic mass is 9.80. The van der Waals surface area contributed by atoms with Crippen LogP contribution in [0.3, 0.4) is 0 Å². The summed E-state index contributed by atoms with van der Waals surface area (Å²) in [6.07, 6.45) is -20.6. The Morgan fingerprint density at radius 2 is 1.58 bits per heavy atom. The van der Waals surface area contributed by atoms with Crippen LogP contribution in [0.1, 0.15) is 70.2 Å². The first-order valence-corrected chi connectivity index (χ1v) is 20.8. The molecule has 0 radical (unpaired) electrons. The number of amides is 1. The minimum Gasteiger partial charge on any atom is -0.457 e. The van der Waals surface area contributed by atoms with Crippen LogP contribution in [0, 0.1) is 5.92 Å². The molecular formula is C43H61NO18. The van der Waals surface area contributed by atoms with Crippen LogP contribution in [-0.4, -0.2) is 170 Å². The Kier molecular flexibility index (Phi) is 17.9. The van der Waals surface area contributed by atoms with Gasteiger partial charge in [-0.05, 0) is 51.0 Å². The van der Waals surface area contributed by atoms with Crippen LogP contribution in [0.4, 0.5) is 0 Å². The molecule has 9 N–H and O–H groups in total. The first-order valence-electron chi connectivity index (χ1n) is 20.8. The zero-order valence-electron chi connectivity index (χ0n) is 35.2. The lowest BCUT2D eigenvalue weighted by Gasteiger charge is -2.49. The van der Waals surface area contributed by atoms with Crippen LogP contribution >= 0.6 is 0 Å². The molecule has 0 aliphatic carbocycles. The van der Waals surface area contributed by atoms with Crippen molar-refractivity contribution in [2.45, 2.75) is 151 Å². The summed E-state index contributed by atoms with van der Waals surface area (Å²) in [6, 6.07) is 14.3. The van der Waals surface area contributed by atoms with Crippen molar-refractivity contribution in [2.75, 3.05) is 19.8 Å². The van der Waals surface area contributed by atoms with E-state index in [1.54, 1.807) is 36.4 Å². The highest BCUT2D eigenvalue weighted by Crippen LogP contribution is 2.39. The number of benzene rings is 2. The van der Waals surface area contributed by atoms with Gasteiger partial charge in [0.25, 0.3) is 0 Å². The van der Waals surface area contributed by atoms with Gasteiger partial charge in [0, 0.05) is 44.3 Å². The first-order chi connectivity index (χ1) is 29.4. The quantitative estimate of drug-likeness (QED) is 0.0782. The average molecular weight is 880 g/mol. The van der Waals surface area contributed by atoms with Gasteiger partial charge in [-0.1, -0.05) is 37.3 Å². The van der Waals surface area contributed by atoms with Crippen molar-refractivity contribution in [3.63, 3.8) is 0 Å². The molecular weight excluding hydrogens is 818 g/mol. The van der Waals surface area contributed by atoms with Crippen molar-refractivity contribution in [3.8, 4) is 11.5 Å². The van der Waals surface area contributed by atoms with Gasteiger partial charge in [0.15, 0.2) is 24.2 Å². The maximum Gasteiger partial charge on any atom is 0.217 e. The minimum absolute atomic E-state index is 0.189. The summed E-state index contributed by atoms with van der Waals surface area (Å²) in [7, 11) is 0. The van der Waals surface area contributed by atoms with E-state index in [9.17, 15) is 55.2 Å². The van der Waals surface area contributed by atoms with Gasteiger partial charge in [0.1, 0.15) is 72.2 Å². The maximum absolute atomic E-state index is 13.2. The molecule has 1 amide bonds. The monoisotopic (exact) mass is 879 g/mol. The number of para-hydroxylation sites is 1. The summed E-state index contributed by atoms with van der Waals surface area (Å²) in [6.45, 7) is 4.69. The summed E-state index contributed by atoms with van der Waals surface area (Å²) in [4.78, 5) is 37.5. The number of rotatable bonds is 20. The number of ether oxygens (including phenoxy) is 7. The number of Topliss-reactive ketones (excluding diaryl/α,β-unsaturated/α-hetero) is 2. The summed E-state index contributed by atoms with van der Waals surface area (Å²) in [5.41, 5.74) is 0.314. The van der Waals surface area contributed by atoms with Crippen molar-refractivity contribution in [1.82, 2.24) is 5.32 Å². The molecule has 3 fully saturated rings. The predicted molar refractivity (Wildman–Crippen MR) is 214 cm³/mol. The van der Waals surface area contributed by atoms with Gasteiger partial charge in [0.05, 0.1) is 31.5 Å². The lowest BCUT2D eigenvalue weighted by molar-refractivity contribution is -0.363. The molecule has 0 spiro atoms. The first kappa shape index (κ1) is 49.5. The molecule has 16 atom stereocenters. The Labute approximate surface area is 359 Å². The van der Waals surface area contributed by atoms with Crippen molar-refractivity contribution in [2.24, 2.45) is 5.92 Å². The highest BCUT2D eigenvalue weighted by molar-refractivity contribution is 5.96. The van der Waals surface area contributed by atoms with Crippen LogP contribution < -0.4 is 10.1 Å².